The molecule has 1 aromatic heterocycles. The van der Waals surface area contributed by atoms with E-state index in [9.17, 15) is 19.2 Å². The van der Waals surface area contributed by atoms with Crippen LogP contribution < -0.4 is 31.1 Å². The van der Waals surface area contributed by atoms with Gasteiger partial charge in [-0.05, 0) is 113 Å². The number of nitrogens with zero attached hydrogens (tertiary/aromatic N) is 6. The number of rotatable bonds is 12. The van der Waals surface area contributed by atoms with Crippen LogP contribution in [0.2, 0.25) is 0 Å². The number of piperazine rings is 1. The molecule has 1 unspecified atom stereocenters. The maximum absolute atomic E-state index is 15.6. The molecule has 3 saturated heterocycles. The highest BCUT2D eigenvalue weighted by atomic mass is 19.1. The molecule has 2 aromatic carbocycles. The maximum atomic E-state index is 15.6. The molecule has 320 valence electrons. The van der Waals surface area contributed by atoms with Crippen molar-refractivity contribution in [3.8, 4) is 11.3 Å². The number of nitrogens with one attached hydrogen (secondary N) is 2. The SMILES string of the molecule is NC(=O)C1CCC(N(CC2CCC(CN3CCN(c4ccc(NC5CCC(=O)NC5=O)cc4F)CC3)CC2)c2ncc(F)c(-c3cccc(N4CCCCC4=O)c3)n2)CC1. The van der Waals surface area contributed by atoms with Crippen LogP contribution in [0, 0.1) is 29.4 Å². The van der Waals surface area contributed by atoms with E-state index >= 15 is 8.78 Å². The summed E-state index contributed by atoms with van der Waals surface area (Å²) < 4.78 is 30.9. The van der Waals surface area contributed by atoms with Gasteiger partial charge in [-0.1, -0.05) is 12.1 Å². The number of primary amides is 1. The Hall–Kier alpha value is -5.18. The molecule has 4 heterocycles. The normalized spacial score (nSPS) is 25.5. The predicted molar refractivity (Wildman–Crippen MR) is 226 cm³/mol. The van der Waals surface area contributed by atoms with Crippen molar-refractivity contribution in [3.63, 3.8) is 0 Å². The summed E-state index contributed by atoms with van der Waals surface area (Å²) in [6.45, 7) is 5.53. The van der Waals surface area contributed by atoms with Crippen molar-refractivity contribution in [2.75, 3.05) is 65.8 Å². The van der Waals surface area contributed by atoms with E-state index in [1.807, 2.05) is 24.3 Å². The Kier molecular flexibility index (Phi) is 12.9. The number of nitrogens with two attached hydrogens (primary N) is 1. The van der Waals surface area contributed by atoms with Gasteiger partial charge in [0.1, 0.15) is 17.6 Å². The molecule has 1 atom stereocenters. The summed E-state index contributed by atoms with van der Waals surface area (Å²) in [5, 5.41) is 5.39. The number of piperidine rings is 2. The predicted octanol–water partition coefficient (Wildman–Crippen LogP) is 5.63. The number of benzene rings is 2. The van der Waals surface area contributed by atoms with E-state index in [1.165, 1.54) is 12.3 Å². The summed E-state index contributed by atoms with van der Waals surface area (Å²) in [6, 6.07) is 11.9. The lowest BCUT2D eigenvalue weighted by molar-refractivity contribution is -0.133. The van der Waals surface area contributed by atoms with Gasteiger partial charge in [-0.25, -0.2) is 18.7 Å². The fourth-order valence-corrected chi connectivity index (χ4v) is 9.96. The van der Waals surface area contributed by atoms with Crippen molar-refractivity contribution >= 4 is 46.6 Å². The van der Waals surface area contributed by atoms with Crippen LogP contribution in [0.4, 0.5) is 31.8 Å². The third kappa shape index (κ3) is 9.72. The molecule has 5 aliphatic rings. The molecule has 4 N–H and O–H groups in total. The van der Waals surface area contributed by atoms with E-state index in [0.29, 0.717) is 67.0 Å². The number of imide groups is 1. The molecule has 13 nitrogen and oxygen atoms in total. The number of carbonyl (C=O) groups is 4. The number of halogens is 2. The summed E-state index contributed by atoms with van der Waals surface area (Å²) in [5.41, 5.74) is 8.34. The number of hydrogen-bond acceptors (Lipinski definition) is 10. The minimum atomic E-state index is -0.564. The van der Waals surface area contributed by atoms with Crippen LogP contribution in [-0.4, -0.2) is 96.4 Å². The van der Waals surface area contributed by atoms with Crippen molar-refractivity contribution in [1.82, 2.24) is 20.2 Å². The molecule has 8 rings (SSSR count). The Bertz CT molecular complexity index is 2050. The average Bonchev–Trinajstić information content (AvgIpc) is 3.25. The average molecular weight is 826 g/mol. The van der Waals surface area contributed by atoms with Crippen LogP contribution in [0.1, 0.15) is 83.5 Å². The Morgan fingerprint density at radius 3 is 2.33 bits per heavy atom. The van der Waals surface area contributed by atoms with E-state index in [4.69, 9.17) is 10.7 Å². The lowest BCUT2D eigenvalue weighted by atomic mass is 9.80. The molecule has 4 amide bonds. The maximum Gasteiger partial charge on any atom is 0.249 e. The highest BCUT2D eigenvalue weighted by Crippen LogP contribution is 2.36. The molecule has 15 heteroatoms. The third-order valence-electron chi connectivity index (χ3n) is 13.5. The topological polar surface area (TPSA) is 157 Å². The molecular weight excluding hydrogens is 769 g/mol. The zero-order valence-corrected chi connectivity index (χ0v) is 34.3. The summed E-state index contributed by atoms with van der Waals surface area (Å²) in [6.07, 6.45) is 11.5. The van der Waals surface area contributed by atoms with Crippen molar-refractivity contribution < 1.29 is 28.0 Å². The number of amides is 4. The minimum Gasteiger partial charge on any atom is -0.374 e. The second-order valence-corrected chi connectivity index (χ2v) is 17.5. The van der Waals surface area contributed by atoms with E-state index < -0.39 is 11.9 Å². The van der Waals surface area contributed by atoms with Crippen LogP contribution in [0.3, 0.4) is 0 Å². The van der Waals surface area contributed by atoms with Gasteiger partial charge in [0.2, 0.25) is 29.6 Å². The lowest BCUT2D eigenvalue weighted by Crippen LogP contribution is -2.48. The van der Waals surface area contributed by atoms with Crippen molar-refractivity contribution in [1.29, 1.82) is 0 Å². The Morgan fingerprint density at radius 2 is 1.62 bits per heavy atom. The molecule has 60 heavy (non-hydrogen) atoms. The first-order valence-corrected chi connectivity index (χ1v) is 21.9. The fourth-order valence-electron chi connectivity index (χ4n) is 9.96. The summed E-state index contributed by atoms with van der Waals surface area (Å²) in [5.74, 6) is -0.370. The third-order valence-corrected chi connectivity index (χ3v) is 13.5. The first kappa shape index (κ1) is 41.5. The van der Waals surface area contributed by atoms with Crippen LogP contribution in [0.25, 0.3) is 11.3 Å². The summed E-state index contributed by atoms with van der Waals surface area (Å²) >= 11 is 0. The van der Waals surface area contributed by atoms with Gasteiger partial charge < -0.3 is 25.8 Å². The second-order valence-electron chi connectivity index (χ2n) is 17.5. The van der Waals surface area contributed by atoms with Gasteiger partial charge in [0.05, 0.1) is 11.9 Å². The quantitative estimate of drug-likeness (QED) is 0.196. The van der Waals surface area contributed by atoms with Crippen LogP contribution in [0.5, 0.6) is 0 Å². The minimum absolute atomic E-state index is 0.0799. The Balaban J connectivity index is 0.873. The summed E-state index contributed by atoms with van der Waals surface area (Å²) in [7, 11) is 0. The first-order valence-electron chi connectivity index (χ1n) is 21.9. The van der Waals surface area contributed by atoms with E-state index in [2.05, 4.69) is 30.3 Å². The van der Waals surface area contributed by atoms with Gasteiger partial charge in [0, 0.05) is 87.6 Å². The van der Waals surface area contributed by atoms with Crippen LogP contribution in [-0.2, 0) is 19.2 Å². The standard InChI is InChI=1S/C45H57F2N9O4/c46-36-25-33(50-38-16-18-40(57)51-44(38)60)13-17-39(36)54-22-20-53(21-23-54)27-29-7-9-30(10-8-29)28-56(34-14-11-31(12-15-34)43(48)59)45-49-26-37(47)42(52-45)32-4-3-5-35(24-32)55-19-2-1-6-41(55)58/h3-5,13,17,24-26,29-31,34,38,50H,1-2,6-12,14-16,18-23,27-28H2,(H2,48,59)(H,51,57,60). The van der Waals surface area contributed by atoms with E-state index in [0.717, 1.165) is 96.3 Å². The number of hydrogen-bond donors (Lipinski definition) is 3. The van der Waals surface area contributed by atoms with Crippen LogP contribution in [0.15, 0.2) is 48.7 Å². The second kappa shape index (κ2) is 18.6. The number of anilines is 4. The van der Waals surface area contributed by atoms with Crippen molar-refractivity contribution in [2.45, 2.75) is 95.6 Å². The molecule has 2 aliphatic carbocycles. The van der Waals surface area contributed by atoms with Gasteiger partial charge in [0.15, 0.2) is 5.82 Å². The van der Waals surface area contributed by atoms with E-state index in [1.54, 1.807) is 17.0 Å². The zero-order valence-electron chi connectivity index (χ0n) is 34.3. The number of carbonyl (C=O) groups excluding carboxylic acids is 4. The molecule has 0 spiro atoms. The number of aromatic nitrogens is 2. The fraction of sp³-hybridized carbons (Fsp3) is 0.556. The molecule has 3 aromatic rings. The largest absolute Gasteiger partial charge is 0.374 e. The molecular formula is C45H57F2N9O4. The zero-order chi connectivity index (χ0) is 41.8. The Labute approximate surface area is 350 Å². The monoisotopic (exact) mass is 825 g/mol. The van der Waals surface area contributed by atoms with Crippen LogP contribution >= 0.6 is 0 Å². The van der Waals surface area contributed by atoms with Crippen molar-refractivity contribution in [2.24, 2.45) is 23.5 Å². The Morgan fingerprint density at radius 1 is 0.850 bits per heavy atom. The van der Waals surface area contributed by atoms with Gasteiger partial charge in [-0.3, -0.25) is 29.4 Å². The first-order chi connectivity index (χ1) is 29.1. The van der Waals surface area contributed by atoms with Gasteiger partial charge in [-0.2, -0.15) is 0 Å². The summed E-state index contributed by atoms with van der Waals surface area (Å²) in [4.78, 5) is 66.4. The molecule has 0 bridgehead atoms. The highest BCUT2D eigenvalue weighted by Gasteiger charge is 2.34. The van der Waals surface area contributed by atoms with Gasteiger partial charge in [-0.15, -0.1) is 0 Å². The van der Waals surface area contributed by atoms with Gasteiger partial charge >= 0.3 is 0 Å². The van der Waals surface area contributed by atoms with Gasteiger partial charge in [0.25, 0.3) is 0 Å². The highest BCUT2D eigenvalue weighted by molar-refractivity contribution is 6.01. The smallest absolute Gasteiger partial charge is 0.249 e. The molecule has 3 aliphatic heterocycles. The van der Waals surface area contributed by atoms with E-state index in [-0.39, 0.29) is 53.5 Å². The molecule has 2 saturated carbocycles. The molecule has 0 radical (unpaired) electrons. The molecule has 5 fully saturated rings. The lowest BCUT2D eigenvalue weighted by Gasteiger charge is -2.41. The van der Waals surface area contributed by atoms with Crippen molar-refractivity contribution in [3.05, 3.63) is 60.3 Å².